The van der Waals surface area contributed by atoms with Crippen molar-refractivity contribution >= 4 is 29.4 Å². The van der Waals surface area contributed by atoms with Gasteiger partial charge in [0, 0.05) is 5.56 Å². The molecule has 1 aliphatic rings. The summed E-state index contributed by atoms with van der Waals surface area (Å²) in [6, 6.07) is 13.2. The van der Waals surface area contributed by atoms with Crippen LogP contribution >= 0.6 is 11.3 Å². The number of thiazole rings is 1. The highest BCUT2D eigenvalue weighted by atomic mass is 32.1. The second kappa shape index (κ2) is 10.1. The molecule has 35 heavy (non-hydrogen) atoms. The van der Waals surface area contributed by atoms with Crippen LogP contribution in [-0.2, 0) is 14.3 Å². The van der Waals surface area contributed by atoms with Crippen LogP contribution in [0.15, 0.2) is 69.6 Å². The second-order valence-corrected chi connectivity index (χ2v) is 8.67. The highest BCUT2D eigenvalue weighted by Crippen LogP contribution is 2.35. The lowest BCUT2D eigenvalue weighted by atomic mass is 9.95. The fraction of sp³-hybridized carbons (Fsp3) is 0.231. The molecule has 0 bridgehead atoms. The van der Waals surface area contributed by atoms with Crippen LogP contribution in [0.25, 0.3) is 6.08 Å². The van der Waals surface area contributed by atoms with Crippen molar-refractivity contribution in [2.45, 2.75) is 19.9 Å². The minimum absolute atomic E-state index is 0.195. The van der Waals surface area contributed by atoms with E-state index >= 15 is 0 Å². The number of allylic oxidation sites excluding steroid dienone is 1. The molecule has 1 atom stereocenters. The molecule has 0 fully saturated rings. The van der Waals surface area contributed by atoms with Crippen molar-refractivity contribution in [1.82, 2.24) is 4.57 Å². The molecule has 8 nitrogen and oxygen atoms in total. The Kier molecular flexibility index (Phi) is 6.97. The van der Waals surface area contributed by atoms with Crippen molar-refractivity contribution < 1.29 is 23.8 Å². The van der Waals surface area contributed by atoms with E-state index in [2.05, 4.69) is 4.99 Å². The van der Waals surface area contributed by atoms with Crippen molar-refractivity contribution in [3.63, 3.8) is 0 Å². The van der Waals surface area contributed by atoms with Crippen molar-refractivity contribution in [1.29, 1.82) is 0 Å². The van der Waals surface area contributed by atoms with Gasteiger partial charge in [-0.05, 0) is 43.7 Å². The van der Waals surface area contributed by atoms with E-state index in [0.29, 0.717) is 31.9 Å². The monoisotopic (exact) mass is 492 g/mol. The van der Waals surface area contributed by atoms with Crippen molar-refractivity contribution in [2.24, 2.45) is 4.99 Å². The molecule has 4 rings (SSSR count). The number of esters is 2. The number of carbonyl (C=O) groups is 2. The summed E-state index contributed by atoms with van der Waals surface area (Å²) in [5.41, 5.74) is 2.28. The first-order chi connectivity index (χ1) is 16.9. The maximum Gasteiger partial charge on any atom is 0.338 e. The Hall–Kier alpha value is -3.98. The number of hydrogen-bond acceptors (Lipinski definition) is 8. The van der Waals surface area contributed by atoms with E-state index in [1.807, 2.05) is 18.2 Å². The van der Waals surface area contributed by atoms with Gasteiger partial charge < -0.3 is 14.2 Å². The first-order valence-electron chi connectivity index (χ1n) is 10.9. The SMILES string of the molecule is CCOC(=O)C1=C(C)N=c2s/c(=C\c3ccc(C(=O)OC)cc3)c(=O)n2C1c1ccccc1OC. The summed E-state index contributed by atoms with van der Waals surface area (Å²) in [7, 11) is 2.86. The van der Waals surface area contributed by atoms with E-state index < -0.39 is 18.0 Å². The Morgan fingerprint density at radius 2 is 1.80 bits per heavy atom. The smallest absolute Gasteiger partial charge is 0.338 e. The van der Waals surface area contributed by atoms with Gasteiger partial charge in [0.25, 0.3) is 5.56 Å². The molecule has 1 unspecified atom stereocenters. The predicted octanol–water partition coefficient (Wildman–Crippen LogP) is 2.59. The van der Waals surface area contributed by atoms with Gasteiger partial charge in [-0.15, -0.1) is 0 Å². The Morgan fingerprint density at radius 1 is 1.09 bits per heavy atom. The average Bonchev–Trinajstić information content (AvgIpc) is 3.17. The van der Waals surface area contributed by atoms with Gasteiger partial charge in [-0.25, -0.2) is 14.6 Å². The molecule has 9 heteroatoms. The number of aromatic nitrogens is 1. The number of fused-ring (bicyclic) bond motifs is 1. The summed E-state index contributed by atoms with van der Waals surface area (Å²) in [6.07, 6.45) is 1.73. The number of hydrogen-bond donors (Lipinski definition) is 0. The molecule has 3 aromatic rings. The zero-order valence-electron chi connectivity index (χ0n) is 19.7. The normalized spacial score (nSPS) is 15.3. The third kappa shape index (κ3) is 4.54. The molecule has 0 spiro atoms. The lowest BCUT2D eigenvalue weighted by Gasteiger charge is -2.25. The Morgan fingerprint density at radius 3 is 2.46 bits per heavy atom. The minimum Gasteiger partial charge on any atom is -0.496 e. The Labute approximate surface area is 205 Å². The van der Waals surface area contributed by atoms with Crippen molar-refractivity contribution in [3.05, 3.63) is 96.2 Å². The van der Waals surface area contributed by atoms with E-state index in [0.717, 1.165) is 5.56 Å². The summed E-state index contributed by atoms with van der Waals surface area (Å²) in [4.78, 5) is 43.4. The van der Waals surface area contributed by atoms with Crippen molar-refractivity contribution in [2.75, 3.05) is 20.8 Å². The van der Waals surface area contributed by atoms with Crippen LogP contribution in [0, 0.1) is 0 Å². The molecule has 1 aliphatic heterocycles. The van der Waals surface area contributed by atoms with Crippen LogP contribution in [0.1, 0.15) is 41.4 Å². The van der Waals surface area contributed by atoms with Gasteiger partial charge in [-0.1, -0.05) is 41.7 Å². The first-order valence-corrected chi connectivity index (χ1v) is 11.7. The van der Waals surface area contributed by atoms with Crippen LogP contribution in [0.5, 0.6) is 5.75 Å². The minimum atomic E-state index is -0.759. The van der Waals surface area contributed by atoms with Crippen LogP contribution in [-0.4, -0.2) is 37.3 Å². The third-order valence-electron chi connectivity index (χ3n) is 5.58. The fourth-order valence-electron chi connectivity index (χ4n) is 3.96. The Bertz CT molecular complexity index is 1500. The number of ether oxygens (including phenoxy) is 3. The highest BCUT2D eigenvalue weighted by Gasteiger charge is 2.34. The highest BCUT2D eigenvalue weighted by molar-refractivity contribution is 7.07. The standard InChI is InChI=1S/C26H24N2O6S/c1-5-34-25(31)21-15(2)27-26-28(22(21)18-8-6-7-9-19(18)32-3)23(29)20(35-26)14-16-10-12-17(13-11-16)24(30)33-4/h6-14,22H,5H2,1-4H3/b20-14-. The molecule has 0 radical (unpaired) electrons. The maximum atomic E-state index is 13.6. The molecule has 1 aromatic heterocycles. The van der Waals surface area contributed by atoms with Gasteiger partial charge >= 0.3 is 11.9 Å². The predicted molar refractivity (Wildman–Crippen MR) is 131 cm³/mol. The third-order valence-corrected chi connectivity index (χ3v) is 6.56. The summed E-state index contributed by atoms with van der Waals surface area (Å²) >= 11 is 1.22. The van der Waals surface area contributed by atoms with Crippen LogP contribution in [0.2, 0.25) is 0 Å². The zero-order valence-corrected chi connectivity index (χ0v) is 20.5. The number of benzene rings is 2. The Balaban J connectivity index is 1.91. The molecular weight excluding hydrogens is 468 g/mol. The topological polar surface area (TPSA) is 96.2 Å². The van der Waals surface area contributed by atoms with Gasteiger partial charge in [-0.2, -0.15) is 0 Å². The number of rotatable bonds is 6. The average molecular weight is 493 g/mol. The van der Waals surface area contributed by atoms with Gasteiger partial charge in [0.15, 0.2) is 4.80 Å². The summed E-state index contributed by atoms with van der Waals surface area (Å²) in [6.45, 7) is 3.66. The fourth-order valence-corrected chi connectivity index (χ4v) is 5.01. The molecule has 180 valence electrons. The van der Waals surface area contributed by atoms with Gasteiger partial charge in [0.2, 0.25) is 0 Å². The van der Waals surface area contributed by atoms with E-state index in [9.17, 15) is 14.4 Å². The number of para-hydroxylation sites is 1. The van der Waals surface area contributed by atoms with Crippen molar-refractivity contribution in [3.8, 4) is 5.75 Å². The van der Waals surface area contributed by atoms with Gasteiger partial charge in [0.1, 0.15) is 11.8 Å². The quantitative estimate of drug-likeness (QED) is 0.491. The lowest BCUT2D eigenvalue weighted by Crippen LogP contribution is -2.40. The molecule has 2 aromatic carbocycles. The van der Waals surface area contributed by atoms with E-state index in [4.69, 9.17) is 14.2 Å². The number of nitrogens with zero attached hydrogens (tertiary/aromatic N) is 2. The lowest BCUT2D eigenvalue weighted by molar-refractivity contribution is -0.139. The molecule has 0 amide bonds. The molecule has 0 N–H and O–H groups in total. The number of carbonyl (C=O) groups excluding carboxylic acids is 2. The van der Waals surface area contributed by atoms with E-state index in [-0.39, 0.29) is 17.7 Å². The number of methoxy groups -OCH3 is 2. The maximum absolute atomic E-state index is 13.6. The summed E-state index contributed by atoms with van der Waals surface area (Å²) < 4.78 is 17.6. The van der Waals surface area contributed by atoms with E-state index in [1.54, 1.807) is 57.4 Å². The van der Waals surface area contributed by atoms with Crippen LogP contribution < -0.4 is 19.6 Å². The zero-order chi connectivity index (χ0) is 25.1. The van der Waals surface area contributed by atoms with Crippen LogP contribution in [0.3, 0.4) is 0 Å². The molecule has 0 saturated carbocycles. The van der Waals surface area contributed by atoms with E-state index in [1.165, 1.54) is 23.0 Å². The molecule has 0 saturated heterocycles. The van der Waals surface area contributed by atoms with Gasteiger partial charge in [-0.3, -0.25) is 9.36 Å². The van der Waals surface area contributed by atoms with Gasteiger partial charge in [0.05, 0.1) is 42.2 Å². The summed E-state index contributed by atoms with van der Waals surface area (Å²) in [5.74, 6) is -0.422. The second-order valence-electron chi connectivity index (χ2n) is 7.66. The largest absolute Gasteiger partial charge is 0.496 e. The molecule has 2 heterocycles. The molecule has 0 aliphatic carbocycles. The van der Waals surface area contributed by atoms with Crippen LogP contribution in [0.4, 0.5) is 0 Å². The summed E-state index contributed by atoms with van der Waals surface area (Å²) in [5, 5.41) is 0. The first kappa shape index (κ1) is 24.2. The molecular formula is C26H24N2O6S.